The van der Waals surface area contributed by atoms with E-state index in [9.17, 15) is 4.39 Å². The van der Waals surface area contributed by atoms with E-state index < -0.39 is 0 Å². The number of halogens is 1. The lowest BCUT2D eigenvalue weighted by molar-refractivity contribution is 0.167. The van der Waals surface area contributed by atoms with Crippen LogP contribution < -0.4 is 5.32 Å². The molecule has 0 saturated carbocycles. The summed E-state index contributed by atoms with van der Waals surface area (Å²) >= 11 is 0. The summed E-state index contributed by atoms with van der Waals surface area (Å²) in [6.45, 7) is 1.31. The van der Waals surface area contributed by atoms with Gasteiger partial charge in [-0.15, -0.1) is 0 Å². The Morgan fingerprint density at radius 3 is 2.45 bits per heavy atom. The molecule has 0 heterocycles. The molecule has 1 N–H and O–H groups in total. The number of nitrogens with one attached hydrogen (secondary N) is 1. The molecule has 0 aromatic heterocycles. The van der Waals surface area contributed by atoms with E-state index in [-0.39, 0.29) is 11.9 Å². The Labute approximate surface area is 119 Å². The molecule has 0 spiro atoms. The van der Waals surface area contributed by atoms with Crippen molar-refractivity contribution in [3.05, 3.63) is 71.5 Å². The molecule has 0 bridgehead atoms. The van der Waals surface area contributed by atoms with Crippen LogP contribution in [0.1, 0.15) is 17.2 Å². The van der Waals surface area contributed by atoms with E-state index in [0.29, 0.717) is 19.6 Å². The Bertz CT molecular complexity index is 515. The van der Waals surface area contributed by atoms with Crippen LogP contribution in [0.5, 0.6) is 0 Å². The monoisotopic (exact) mass is 273 g/mol. The predicted octanol–water partition coefficient (Wildman–Crippen LogP) is 3.35. The molecule has 2 rings (SSSR count). The fraction of sp³-hybridized carbons (Fsp3) is 0.294. The molecule has 2 aromatic rings. The van der Waals surface area contributed by atoms with Gasteiger partial charge in [0.05, 0.1) is 12.6 Å². The largest absolute Gasteiger partial charge is 0.383 e. The highest BCUT2D eigenvalue weighted by molar-refractivity contribution is 5.20. The van der Waals surface area contributed by atoms with Crippen molar-refractivity contribution in [2.75, 3.05) is 20.3 Å². The zero-order chi connectivity index (χ0) is 14.2. The number of methoxy groups -OCH3 is 1. The van der Waals surface area contributed by atoms with Crippen molar-refractivity contribution in [1.29, 1.82) is 0 Å². The molecule has 0 amide bonds. The number of hydrogen-bond acceptors (Lipinski definition) is 2. The Morgan fingerprint density at radius 1 is 1.05 bits per heavy atom. The number of benzene rings is 2. The van der Waals surface area contributed by atoms with E-state index in [2.05, 4.69) is 17.4 Å². The molecule has 0 aliphatic carbocycles. The van der Waals surface area contributed by atoms with E-state index in [0.717, 1.165) is 5.56 Å². The molecule has 1 atom stereocenters. The summed E-state index contributed by atoms with van der Waals surface area (Å²) in [4.78, 5) is 0. The van der Waals surface area contributed by atoms with Crippen LogP contribution in [-0.4, -0.2) is 20.3 Å². The maximum Gasteiger partial charge on any atom is 0.126 e. The second-order valence-electron chi connectivity index (χ2n) is 4.71. The molecular weight excluding hydrogens is 253 g/mol. The summed E-state index contributed by atoms with van der Waals surface area (Å²) in [5.41, 5.74) is 1.92. The maximum atomic E-state index is 13.5. The highest BCUT2D eigenvalue weighted by Crippen LogP contribution is 2.13. The van der Waals surface area contributed by atoms with Crippen LogP contribution in [0, 0.1) is 5.82 Å². The normalized spacial score (nSPS) is 12.3. The molecule has 2 aromatic carbocycles. The average Bonchev–Trinajstić information content (AvgIpc) is 2.49. The van der Waals surface area contributed by atoms with Crippen LogP contribution in [0.25, 0.3) is 0 Å². The van der Waals surface area contributed by atoms with Crippen molar-refractivity contribution >= 4 is 0 Å². The van der Waals surface area contributed by atoms with Gasteiger partial charge in [0, 0.05) is 7.11 Å². The van der Waals surface area contributed by atoms with E-state index in [1.807, 2.05) is 30.3 Å². The first-order valence-electron chi connectivity index (χ1n) is 6.82. The van der Waals surface area contributed by atoms with Gasteiger partial charge in [0.2, 0.25) is 0 Å². The first-order valence-corrected chi connectivity index (χ1v) is 6.82. The molecule has 0 saturated heterocycles. The van der Waals surface area contributed by atoms with Crippen LogP contribution in [0.4, 0.5) is 4.39 Å². The number of hydrogen-bond donors (Lipinski definition) is 1. The molecule has 106 valence electrons. The SMILES string of the molecule is COCC(NCCc1ccccc1F)c1ccccc1. The van der Waals surface area contributed by atoms with E-state index in [4.69, 9.17) is 4.74 Å². The topological polar surface area (TPSA) is 21.3 Å². The smallest absolute Gasteiger partial charge is 0.126 e. The predicted molar refractivity (Wildman–Crippen MR) is 79.2 cm³/mol. The highest BCUT2D eigenvalue weighted by atomic mass is 19.1. The quantitative estimate of drug-likeness (QED) is 0.835. The first-order chi connectivity index (χ1) is 9.81. The number of ether oxygens (including phenoxy) is 1. The van der Waals surface area contributed by atoms with Gasteiger partial charge in [0.25, 0.3) is 0 Å². The van der Waals surface area contributed by atoms with Crippen LogP contribution in [0.15, 0.2) is 54.6 Å². The van der Waals surface area contributed by atoms with Gasteiger partial charge in [-0.3, -0.25) is 0 Å². The van der Waals surface area contributed by atoms with Gasteiger partial charge in [0.1, 0.15) is 5.82 Å². The van der Waals surface area contributed by atoms with Crippen molar-refractivity contribution in [3.63, 3.8) is 0 Å². The molecule has 0 fully saturated rings. The minimum Gasteiger partial charge on any atom is -0.383 e. The van der Waals surface area contributed by atoms with Crippen molar-refractivity contribution < 1.29 is 9.13 Å². The second kappa shape index (κ2) is 7.78. The molecular formula is C17H20FNO. The minimum atomic E-state index is -0.141. The fourth-order valence-corrected chi connectivity index (χ4v) is 2.21. The molecule has 0 radical (unpaired) electrons. The van der Waals surface area contributed by atoms with Gasteiger partial charge in [-0.1, -0.05) is 48.5 Å². The highest BCUT2D eigenvalue weighted by Gasteiger charge is 2.10. The van der Waals surface area contributed by atoms with Gasteiger partial charge in [-0.25, -0.2) is 4.39 Å². The second-order valence-corrected chi connectivity index (χ2v) is 4.71. The van der Waals surface area contributed by atoms with Crippen LogP contribution >= 0.6 is 0 Å². The van der Waals surface area contributed by atoms with Gasteiger partial charge in [-0.2, -0.15) is 0 Å². The number of rotatable bonds is 7. The van der Waals surface area contributed by atoms with Crippen LogP contribution in [0.2, 0.25) is 0 Å². The zero-order valence-electron chi connectivity index (χ0n) is 11.7. The third-order valence-corrected chi connectivity index (χ3v) is 3.28. The van der Waals surface area contributed by atoms with Gasteiger partial charge < -0.3 is 10.1 Å². The summed E-state index contributed by atoms with van der Waals surface area (Å²) in [6, 6.07) is 17.2. The summed E-state index contributed by atoms with van der Waals surface area (Å²) < 4.78 is 18.8. The Balaban J connectivity index is 1.92. The Morgan fingerprint density at radius 2 is 1.75 bits per heavy atom. The van der Waals surface area contributed by atoms with Gasteiger partial charge >= 0.3 is 0 Å². The molecule has 1 unspecified atom stereocenters. The Hall–Kier alpha value is -1.71. The maximum absolute atomic E-state index is 13.5. The lowest BCUT2D eigenvalue weighted by atomic mass is 10.1. The zero-order valence-corrected chi connectivity index (χ0v) is 11.7. The van der Waals surface area contributed by atoms with Crippen LogP contribution in [-0.2, 0) is 11.2 Å². The van der Waals surface area contributed by atoms with E-state index >= 15 is 0 Å². The van der Waals surface area contributed by atoms with Crippen molar-refractivity contribution in [1.82, 2.24) is 5.32 Å². The average molecular weight is 273 g/mol. The summed E-state index contributed by atoms with van der Waals surface area (Å²) in [5, 5.41) is 3.42. The Kier molecular flexibility index (Phi) is 5.71. The van der Waals surface area contributed by atoms with Gasteiger partial charge in [0.15, 0.2) is 0 Å². The van der Waals surface area contributed by atoms with Crippen molar-refractivity contribution in [3.8, 4) is 0 Å². The van der Waals surface area contributed by atoms with Crippen molar-refractivity contribution in [2.24, 2.45) is 0 Å². The fourth-order valence-electron chi connectivity index (χ4n) is 2.21. The third kappa shape index (κ3) is 4.15. The minimum absolute atomic E-state index is 0.132. The van der Waals surface area contributed by atoms with Crippen LogP contribution in [0.3, 0.4) is 0 Å². The lowest BCUT2D eigenvalue weighted by Crippen LogP contribution is -2.27. The lowest BCUT2D eigenvalue weighted by Gasteiger charge is -2.18. The molecule has 0 aliphatic heterocycles. The molecule has 20 heavy (non-hydrogen) atoms. The summed E-state index contributed by atoms with van der Waals surface area (Å²) in [6.07, 6.45) is 0.666. The van der Waals surface area contributed by atoms with E-state index in [1.54, 1.807) is 13.2 Å². The molecule has 3 heteroatoms. The third-order valence-electron chi connectivity index (χ3n) is 3.28. The first kappa shape index (κ1) is 14.7. The standard InChI is InChI=1S/C17H20FNO/c1-20-13-17(15-8-3-2-4-9-15)19-12-11-14-7-5-6-10-16(14)18/h2-10,17,19H,11-13H2,1H3. The molecule has 0 aliphatic rings. The summed E-state index contributed by atoms with van der Waals surface area (Å²) in [7, 11) is 1.69. The summed E-state index contributed by atoms with van der Waals surface area (Å²) in [5.74, 6) is -0.141. The molecule has 2 nitrogen and oxygen atoms in total. The van der Waals surface area contributed by atoms with Gasteiger partial charge in [-0.05, 0) is 30.2 Å². The van der Waals surface area contributed by atoms with Crippen molar-refractivity contribution in [2.45, 2.75) is 12.5 Å². The van der Waals surface area contributed by atoms with E-state index in [1.165, 1.54) is 11.6 Å².